The molecule has 1 atom stereocenters. The number of fused-ring (bicyclic) bond motifs is 2. The van der Waals surface area contributed by atoms with E-state index >= 15 is 0 Å². The van der Waals surface area contributed by atoms with Crippen molar-refractivity contribution >= 4 is 52.0 Å². The Hall–Kier alpha value is -3.78. The number of aryl methyl sites for hydroxylation is 1. The van der Waals surface area contributed by atoms with Crippen molar-refractivity contribution in [3.8, 4) is 0 Å². The van der Waals surface area contributed by atoms with Gasteiger partial charge in [0.25, 0.3) is 11.5 Å². The molecule has 4 aromatic rings. The average molecular weight is 607 g/mol. The van der Waals surface area contributed by atoms with Crippen LogP contribution in [0.5, 0.6) is 0 Å². The number of alkyl halides is 3. The van der Waals surface area contributed by atoms with E-state index < -0.39 is 24.7 Å². The lowest BCUT2D eigenvalue weighted by molar-refractivity contribution is -0.142. The predicted molar refractivity (Wildman–Crippen MR) is 152 cm³/mol. The van der Waals surface area contributed by atoms with Gasteiger partial charge in [-0.3, -0.25) is 23.6 Å². The van der Waals surface area contributed by atoms with Crippen molar-refractivity contribution in [1.29, 1.82) is 0 Å². The van der Waals surface area contributed by atoms with Gasteiger partial charge >= 0.3 is 6.18 Å². The Morgan fingerprint density at radius 2 is 1.98 bits per heavy atom. The van der Waals surface area contributed by atoms with Gasteiger partial charge in [-0.25, -0.2) is 9.97 Å². The molecule has 0 bridgehead atoms. The molecule has 0 fully saturated rings. The summed E-state index contributed by atoms with van der Waals surface area (Å²) in [5, 5.41) is 7.99. The Labute approximate surface area is 242 Å². The van der Waals surface area contributed by atoms with E-state index in [2.05, 4.69) is 20.1 Å². The molecule has 4 heterocycles. The van der Waals surface area contributed by atoms with Crippen LogP contribution in [-0.4, -0.2) is 42.7 Å². The molecule has 15 heteroatoms. The van der Waals surface area contributed by atoms with E-state index in [0.29, 0.717) is 33.8 Å². The first-order chi connectivity index (χ1) is 19.3. The molecule has 0 saturated heterocycles. The maximum Gasteiger partial charge on any atom is 0.408 e. The van der Waals surface area contributed by atoms with Crippen molar-refractivity contribution in [3.63, 3.8) is 0 Å². The van der Waals surface area contributed by atoms with Gasteiger partial charge in [-0.15, -0.1) is 0 Å². The Balaban J connectivity index is 1.51. The number of halogens is 4. The minimum absolute atomic E-state index is 0.123. The zero-order valence-electron chi connectivity index (χ0n) is 22.5. The van der Waals surface area contributed by atoms with Crippen LogP contribution >= 0.6 is 23.5 Å². The van der Waals surface area contributed by atoms with Gasteiger partial charge in [-0.05, 0) is 37.6 Å². The Morgan fingerprint density at radius 1 is 1.22 bits per heavy atom. The average Bonchev–Trinajstić information content (AvgIpc) is 3.44. The third kappa shape index (κ3) is 5.84. The molecule has 2 N–H and O–H groups in total. The number of pyridine rings is 1. The van der Waals surface area contributed by atoms with Crippen LogP contribution in [0.3, 0.4) is 0 Å². The fraction of sp³-hybridized carbons (Fsp3) is 0.346. The molecule has 216 valence electrons. The second kappa shape index (κ2) is 10.9. The lowest BCUT2D eigenvalue weighted by Gasteiger charge is -2.23. The van der Waals surface area contributed by atoms with E-state index in [0.717, 1.165) is 27.8 Å². The molecule has 1 aliphatic heterocycles. The predicted octanol–water partition coefficient (Wildman–Crippen LogP) is 4.75. The molecule has 1 amide bonds. The zero-order valence-corrected chi connectivity index (χ0v) is 24.1. The SMILES string of the molecule is CSNC(=O)c1nc(Cl)ccc1NC(C)c1cc(C)cc2c(=O)n(C)c(N3Cc4cn(CC(F)(F)F)nc4C3)nc12. The van der Waals surface area contributed by atoms with Crippen LogP contribution in [-0.2, 0) is 26.7 Å². The molecule has 3 aromatic heterocycles. The number of aromatic nitrogens is 5. The van der Waals surface area contributed by atoms with Crippen LogP contribution in [0.25, 0.3) is 10.9 Å². The van der Waals surface area contributed by atoms with E-state index in [1.165, 1.54) is 10.8 Å². The highest BCUT2D eigenvalue weighted by Gasteiger charge is 2.32. The lowest BCUT2D eigenvalue weighted by Crippen LogP contribution is -2.29. The molecule has 10 nitrogen and oxygen atoms in total. The monoisotopic (exact) mass is 606 g/mol. The summed E-state index contributed by atoms with van der Waals surface area (Å²) >= 11 is 7.19. The molecular formula is C26H26ClF3N8O2S. The van der Waals surface area contributed by atoms with E-state index in [1.807, 2.05) is 24.8 Å². The standard InChI is InChI=1S/C26H26ClF3N8O2S/c1-13-7-16(14(2)31-18-5-6-20(27)32-22(18)23(39)35-41-4)21-17(8-13)24(40)36(3)25(33-21)37-9-15-10-38(12-26(28,29)30)34-19(15)11-37/h5-8,10,14,31H,9,11-12H2,1-4H3,(H,35,39). The summed E-state index contributed by atoms with van der Waals surface area (Å²) in [4.78, 5) is 37.0. The largest absolute Gasteiger partial charge is 0.408 e. The molecule has 5 rings (SSSR count). The number of amides is 1. The number of hydrogen-bond acceptors (Lipinski definition) is 8. The van der Waals surface area contributed by atoms with Crippen molar-refractivity contribution < 1.29 is 18.0 Å². The molecule has 0 saturated carbocycles. The second-order valence-electron chi connectivity index (χ2n) is 9.83. The maximum absolute atomic E-state index is 13.5. The van der Waals surface area contributed by atoms with Crippen LogP contribution in [0.15, 0.2) is 35.3 Å². The molecule has 1 unspecified atom stereocenters. The minimum atomic E-state index is -4.37. The number of benzene rings is 1. The summed E-state index contributed by atoms with van der Waals surface area (Å²) in [6.07, 6.45) is -1.27. The topological polar surface area (TPSA) is 110 Å². The second-order valence-corrected chi connectivity index (χ2v) is 10.8. The van der Waals surface area contributed by atoms with Crippen molar-refractivity contribution in [2.24, 2.45) is 7.05 Å². The number of anilines is 2. The summed E-state index contributed by atoms with van der Waals surface area (Å²) < 4.78 is 43.4. The van der Waals surface area contributed by atoms with Gasteiger partial charge in [0.15, 0.2) is 5.69 Å². The maximum atomic E-state index is 13.5. The van der Waals surface area contributed by atoms with Gasteiger partial charge < -0.3 is 10.2 Å². The van der Waals surface area contributed by atoms with Crippen molar-refractivity contribution in [1.82, 2.24) is 29.0 Å². The van der Waals surface area contributed by atoms with Crippen LogP contribution < -0.4 is 20.5 Å². The fourth-order valence-corrected chi connectivity index (χ4v) is 5.38. The van der Waals surface area contributed by atoms with Crippen LogP contribution in [0.4, 0.5) is 24.8 Å². The molecule has 1 aliphatic rings. The quantitative estimate of drug-likeness (QED) is 0.229. The van der Waals surface area contributed by atoms with E-state index in [9.17, 15) is 22.8 Å². The summed E-state index contributed by atoms with van der Waals surface area (Å²) in [6, 6.07) is 6.52. The summed E-state index contributed by atoms with van der Waals surface area (Å²) in [7, 11) is 1.62. The highest BCUT2D eigenvalue weighted by atomic mass is 35.5. The van der Waals surface area contributed by atoms with Gasteiger partial charge in [-0.2, -0.15) is 18.3 Å². The number of nitrogens with one attached hydrogen (secondary N) is 2. The van der Waals surface area contributed by atoms with Gasteiger partial charge in [0, 0.05) is 37.2 Å². The minimum Gasteiger partial charge on any atom is -0.377 e. The Kier molecular flexibility index (Phi) is 7.64. The number of carbonyl (C=O) groups excluding carboxylic acids is 1. The van der Waals surface area contributed by atoms with Crippen LogP contribution in [0.2, 0.25) is 5.15 Å². The summed E-state index contributed by atoms with van der Waals surface area (Å²) in [5.41, 5.74) is 3.51. The molecule has 41 heavy (non-hydrogen) atoms. The first-order valence-corrected chi connectivity index (χ1v) is 14.1. The zero-order chi connectivity index (χ0) is 29.6. The first kappa shape index (κ1) is 28.7. The number of rotatable bonds is 7. The molecule has 0 spiro atoms. The third-order valence-electron chi connectivity index (χ3n) is 6.69. The first-order valence-electron chi connectivity index (χ1n) is 12.5. The van der Waals surface area contributed by atoms with E-state index in [-0.39, 0.29) is 29.5 Å². The molecule has 0 radical (unpaired) electrons. The van der Waals surface area contributed by atoms with Crippen molar-refractivity contribution in [3.05, 3.63) is 74.0 Å². The molecular weight excluding hydrogens is 581 g/mol. The summed E-state index contributed by atoms with van der Waals surface area (Å²) in [5.74, 6) is -0.0444. The number of carbonyl (C=O) groups is 1. The van der Waals surface area contributed by atoms with Crippen molar-refractivity contribution in [2.45, 2.75) is 45.7 Å². The molecule has 0 aliphatic carbocycles. The van der Waals surface area contributed by atoms with Gasteiger partial charge in [0.2, 0.25) is 5.95 Å². The smallest absolute Gasteiger partial charge is 0.377 e. The van der Waals surface area contributed by atoms with Gasteiger partial charge in [0.1, 0.15) is 11.7 Å². The molecule has 1 aromatic carbocycles. The fourth-order valence-electron chi connectivity index (χ4n) is 4.95. The number of hydrogen-bond donors (Lipinski definition) is 2. The van der Waals surface area contributed by atoms with E-state index in [1.54, 1.807) is 31.5 Å². The van der Waals surface area contributed by atoms with Crippen LogP contribution in [0, 0.1) is 6.92 Å². The van der Waals surface area contributed by atoms with Gasteiger partial charge in [-0.1, -0.05) is 29.6 Å². The van der Waals surface area contributed by atoms with Crippen molar-refractivity contribution in [2.75, 3.05) is 16.5 Å². The Morgan fingerprint density at radius 3 is 2.66 bits per heavy atom. The van der Waals surface area contributed by atoms with Crippen LogP contribution in [0.1, 0.15) is 45.8 Å². The highest BCUT2D eigenvalue weighted by molar-refractivity contribution is 7.97. The van der Waals surface area contributed by atoms with Gasteiger partial charge in [0.05, 0.1) is 34.9 Å². The lowest BCUT2D eigenvalue weighted by atomic mass is 10.0. The normalized spacial score (nSPS) is 13.9. The van der Waals surface area contributed by atoms with E-state index in [4.69, 9.17) is 16.6 Å². The number of nitrogens with zero attached hydrogens (tertiary/aromatic N) is 6. The third-order valence-corrected chi connectivity index (χ3v) is 7.29. The highest BCUT2D eigenvalue weighted by Crippen LogP contribution is 2.31. The summed E-state index contributed by atoms with van der Waals surface area (Å²) in [6.45, 7) is 3.07. The Bertz CT molecular complexity index is 1700.